The SMILES string of the molecule is COC(=O)c1cc(N2CC[C@](C)(NC(=O)OC(C)(C)C)C2)c(C(=O)N[C@@H](C)C2CC2)cn1.C[C@H](NC(=O)c1cnc(C(N)=O)cc1N1CC[C@](C)(OC(N)=O)C1)C1CC1. The molecular weight excluding hydrogens is 763 g/mol. The summed E-state index contributed by atoms with van der Waals surface area (Å²) < 4.78 is 15.4. The van der Waals surface area contributed by atoms with Crippen LogP contribution in [0.1, 0.15) is 129 Å². The van der Waals surface area contributed by atoms with Crippen molar-refractivity contribution in [2.45, 2.75) is 116 Å². The molecule has 0 spiro atoms. The van der Waals surface area contributed by atoms with Crippen LogP contribution < -0.4 is 37.2 Å². The number of esters is 1. The van der Waals surface area contributed by atoms with Gasteiger partial charge in [-0.15, -0.1) is 0 Å². The third-order valence-electron chi connectivity index (χ3n) is 11.0. The Balaban J connectivity index is 0.000000227. The lowest BCUT2D eigenvalue weighted by molar-refractivity contribution is 0.0465. The van der Waals surface area contributed by atoms with E-state index in [2.05, 4.69) is 25.9 Å². The first-order valence-electron chi connectivity index (χ1n) is 20.1. The minimum atomic E-state index is -0.844. The quantitative estimate of drug-likeness (QED) is 0.152. The van der Waals surface area contributed by atoms with E-state index in [1.54, 1.807) is 13.0 Å². The molecule has 0 radical (unpaired) electrons. The molecule has 18 heteroatoms. The largest absolute Gasteiger partial charge is 0.464 e. The first-order valence-corrected chi connectivity index (χ1v) is 20.1. The van der Waals surface area contributed by atoms with E-state index < -0.39 is 40.8 Å². The summed E-state index contributed by atoms with van der Waals surface area (Å²) in [4.78, 5) is 84.9. The zero-order chi connectivity index (χ0) is 43.4. The maximum Gasteiger partial charge on any atom is 0.408 e. The molecule has 4 fully saturated rings. The second-order valence-corrected chi connectivity index (χ2v) is 17.6. The van der Waals surface area contributed by atoms with Crippen molar-refractivity contribution in [1.29, 1.82) is 0 Å². The smallest absolute Gasteiger partial charge is 0.408 e. The van der Waals surface area contributed by atoms with Crippen LogP contribution >= 0.6 is 0 Å². The van der Waals surface area contributed by atoms with Crippen molar-refractivity contribution in [3.63, 3.8) is 0 Å². The van der Waals surface area contributed by atoms with Crippen molar-refractivity contribution in [1.82, 2.24) is 25.9 Å². The zero-order valence-electron chi connectivity index (χ0n) is 35.3. The number of amides is 5. The number of hydrogen-bond donors (Lipinski definition) is 5. The molecule has 0 aromatic carbocycles. The average molecular weight is 822 g/mol. The number of anilines is 2. The number of pyridine rings is 2. The Labute approximate surface area is 344 Å². The van der Waals surface area contributed by atoms with E-state index in [1.165, 1.54) is 25.6 Å². The minimum Gasteiger partial charge on any atom is -0.464 e. The Morgan fingerprint density at radius 1 is 0.797 bits per heavy atom. The number of primary amides is 2. The van der Waals surface area contributed by atoms with Crippen molar-refractivity contribution in [3.8, 4) is 0 Å². The molecule has 0 unspecified atom stereocenters. The molecule has 2 saturated heterocycles. The summed E-state index contributed by atoms with van der Waals surface area (Å²) in [6.45, 7) is 15.1. The van der Waals surface area contributed by atoms with E-state index in [-0.39, 0.29) is 35.3 Å². The van der Waals surface area contributed by atoms with Crippen LogP contribution in [0, 0.1) is 11.8 Å². The summed E-state index contributed by atoms with van der Waals surface area (Å²) in [6, 6.07) is 3.24. The monoisotopic (exact) mass is 821 g/mol. The van der Waals surface area contributed by atoms with Gasteiger partial charge in [0.15, 0.2) is 0 Å². The molecule has 0 bridgehead atoms. The molecule has 4 atom stereocenters. The van der Waals surface area contributed by atoms with E-state index in [0.29, 0.717) is 73.4 Å². The van der Waals surface area contributed by atoms with Gasteiger partial charge in [-0.2, -0.15) is 0 Å². The van der Waals surface area contributed by atoms with E-state index in [1.807, 2.05) is 51.3 Å². The number of rotatable bonds is 12. The number of methoxy groups -OCH3 is 1. The van der Waals surface area contributed by atoms with Gasteiger partial charge < -0.3 is 51.4 Å². The number of ether oxygens (including phenoxy) is 3. The molecule has 4 heterocycles. The van der Waals surface area contributed by atoms with Crippen LogP contribution in [0.15, 0.2) is 24.5 Å². The number of alkyl carbamates (subject to hydrolysis) is 1. The van der Waals surface area contributed by atoms with Crippen molar-refractivity contribution >= 4 is 47.3 Å². The number of nitrogens with two attached hydrogens (primary N) is 2. The highest BCUT2D eigenvalue weighted by Gasteiger charge is 2.40. The molecule has 322 valence electrons. The van der Waals surface area contributed by atoms with E-state index in [4.69, 9.17) is 25.7 Å². The number of hydrogen-bond acceptors (Lipinski definition) is 13. The standard InChI is InChI=1S/C23H34N4O5.C18H25N5O4/c1-14(15-7-8-15)25-19(28)16-12-24-17(20(29)31-6)11-18(16)27-10-9-23(5,13-27)26-21(30)32-22(2,3)4;1-10(11-3-4-11)22-16(25)12-8-21-13(15(19)24)7-14(12)23-6-5-18(2,9-23)27-17(20)26/h11-12,14-15H,7-10,13H2,1-6H3,(H,25,28)(H,26,30);7-8,10-11H,3-6,9H2,1-2H3,(H2,19,24)(H2,20,26)(H,22,25)/t14-,23-;10-,18-/m00/s1. The predicted octanol–water partition coefficient (Wildman–Crippen LogP) is 3.66. The van der Waals surface area contributed by atoms with E-state index in [9.17, 15) is 28.8 Å². The summed E-state index contributed by atoms with van der Waals surface area (Å²) in [5, 5.41) is 9.00. The highest BCUT2D eigenvalue weighted by molar-refractivity contribution is 6.02. The molecule has 2 aromatic heterocycles. The molecule has 18 nitrogen and oxygen atoms in total. The highest BCUT2D eigenvalue weighted by Crippen LogP contribution is 2.36. The summed E-state index contributed by atoms with van der Waals surface area (Å²) >= 11 is 0. The number of aromatic nitrogens is 2. The van der Waals surface area contributed by atoms with Crippen LogP contribution in [-0.4, -0.2) is 108 Å². The van der Waals surface area contributed by atoms with Gasteiger partial charge in [0.05, 0.1) is 41.7 Å². The molecule has 6 rings (SSSR count). The zero-order valence-corrected chi connectivity index (χ0v) is 35.3. The number of nitrogens with one attached hydrogen (secondary N) is 3. The fourth-order valence-electron chi connectivity index (χ4n) is 7.39. The molecule has 59 heavy (non-hydrogen) atoms. The fraction of sp³-hybridized carbons (Fsp3) is 0.610. The summed E-state index contributed by atoms with van der Waals surface area (Å²) in [5.74, 6) is -0.704. The van der Waals surface area contributed by atoms with Gasteiger partial charge in [-0.1, -0.05) is 0 Å². The van der Waals surface area contributed by atoms with Crippen molar-refractivity contribution < 1.29 is 43.0 Å². The molecule has 4 aliphatic rings. The molecule has 2 saturated carbocycles. The van der Waals surface area contributed by atoms with Crippen LogP contribution in [0.5, 0.6) is 0 Å². The predicted molar refractivity (Wildman–Crippen MR) is 218 cm³/mol. The van der Waals surface area contributed by atoms with E-state index in [0.717, 1.165) is 25.7 Å². The Hall–Kier alpha value is -5.68. The topological polar surface area (TPSA) is 251 Å². The number of nitrogens with zero attached hydrogens (tertiary/aromatic N) is 4. The highest BCUT2D eigenvalue weighted by atomic mass is 16.6. The lowest BCUT2D eigenvalue weighted by atomic mass is 10.0. The van der Waals surface area contributed by atoms with Gasteiger partial charge in [0.2, 0.25) is 0 Å². The second-order valence-electron chi connectivity index (χ2n) is 17.6. The third-order valence-corrected chi connectivity index (χ3v) is 11.0. The van der Waals surface area contributed by atoms with Gasteiger partial charge in [-0.3, -0.25) is 19.4 Å². The van der Waals surface area contributed by atoms with Gasteiger partial charge in [-0.25, -0.2) is 19.4 Å². The van der Waals surface area contributed by atoms with Gasteiger partial charge in [-0.05, 0) is 105 Å². The van der Waals surface area contributed by atoms with Crippen LogP contribution in [0.3, 0.4) is 0 Å². The minimum absolute atomic E-state index is 0.0706. The molecule has 5 amide bonds. The molecule has 7 N–H and O–H groups in total. The number of carbonyl (C=O) groups is 6. The van der Waals surface area contributed by atoms with Crippen molar-refractivity contribution in [2.24, 2.45) is 23.3 Å². The Morgan fingerprint density at radius 3 is 1.76 bits per heavy atom. The first-order chi connectivity index (χ1) is 27.6. The fourth-order valence-corrected chi connectivity index (χ4v) is 7.39. The average Bonchev–Trinajstić information content (AvgIpc) is 4.09. The van der Waals surface area contributed by atoms with Crippen LogP contribution in [0.25, 0.3) is 0 Å². The maximum absolute atomic E-state index is 13.0. The van der Waals surface area contributed by atoms with Crippen LogP contribution in [0.4, 0.5) is 21.0 Å². The van der Waals surface area contributed by atoms with Crippen LogP contribution in [0.2, 0.25) is 0 Å². The van der Waals surface area contributed by atoms with Crippen LogP contribution in [-0.2, 0) is 14.2 Å². The van der Waals surface area contributed by atoms with E-state index >= 15 is 0 Å². The molecule has 2 aliphatic carbocycles. The van der Waals surface area contributed by atoms with Gasteiger partial charge in [0, 0.05) is 50.5 Å². The lowest BCUT2D eigenvalue weighted by Crippen LogP contribution is -2.49. The lowest BCUT2D eigenvalue weighted by Gasteiger charge is -2.29. The third kappa shape index (κ3) is 11.9. The summed E-state index contributed by atoms with van der Waals surface area (Å²) in [7, 11) is 1.29. The first kappa shape index (κ1) is 44.4. The normalized spacial score (nSPS) is 22.2. The van der Waals surface area contributed by atoms with Gasteiger partial charge in [0.1, 0.15) is 22.6 Å². The number of carbonyl (C=O) groups excluding carboxylic acids is 6. The summed E-state index contributed by atoms with van der Waals surface area (Å²) in [6.07, 6.45) is 7.13. The van der Waals surface area contributed by atoms with Gasteiger partial charge in [0.25, 0.3) is 17.7 Å². The second kappa shape index (κ2) is 17.7. The molecule has 2 aromatic rings. The van der Waals surface area contributed by atoms with Gasteiger partial charge >= 0.3 is 18.2 Å². The maximum atomic E-state index is 13.0. The van der Waals surface area contributed by atoms with Crippen molar-refractivity contribution in [3.05, 3.63) is 47.0 Å². The summed E-state index contributed by atoms with van der Waals surface area (Å²) in [5.41, 5.74) is 10.7. The Kier molecular flexibility index (Phi) is 13.3. The van der Waals surface area contributed by atoms with Crippen molar-refractivity contribution in [2.75, 3.05) is 43.1 Å². The Bertz CT molecular complexity index is 1950. The molecular formula is C41H59N9O9. The Morgan fingerprint density at radius 2 is 1.29 bits per heavy atom. The molecule has 2 aliphatic heterocycles.